The highest BCUT2D eigenvalue weighted by molar-refractivity contribution is 5.08. The van der Waals surface area contributed by atoms with Crippen LogP contribution in [0.2, 0.25) is 0 Å². The van der Waals surface area contributed by atoms with Crippen LogP contribution in [0.4, 0.5) is 0 Å². The average Bonchev–Trinajstić information content (AvgIpc) is 2.10. The summed E-state index contributed by atoms with van der Waals surface area (Å²) in [6.45, 7) is 9.05. The molecule has 0 radical (unpaired) electrons. The van der Waals surface area contributed by atoms with Crippen LogP contribution in [0.3, 0.4) is 0 Å². The molecule has 12 heavy (non-hydrogen) atoms. The molecule has 0 aliphatic carbocycles. The quantitative estimate of drug-likeness (QED) is 0.398. The van der Waals surface area contributed by atoms with Crippen LogP contribution in [-0.2, 0) is 0 Å². The van der Waals surface area contributed by atoms with Gasteiger partial charge in [-0.3, -0.25) is 0 Å². The summed E-state index contributed by atoms with van der Waals surface area (Å²) in [5.41, 5.74) is 3.21. The maximum absolute atomic E-state index is 2.28. The molecular formula is C12H24. The molecule has 0 aromatic heterocycles. The third-order valence-corrected chi connectivity index (χ3v) is 2.66. The van der Waals surface area contributed by atoms with Crippen molar-refractivity contribution in [2.75, 3.05) is 0 Å². The Balaban J connectivity index is 3.49. The largest absolute Gasteiger partial charge is 0.0747 e. The Kier molecular flexibility index (Phi) is 7.23. The molecule has 0 unspecified atom stereocenters. The third-order valence-electron chi connectivity index (χ3n) is 2.66. The second-order valence-electron chi connectivity index (χ2n) is 3.72. The van der Waals surface area contributed by atoms with Gasteiger partial charge in [0.2, 0.25) is 0 Å². The third kappa shape index (κ3) is 5.40. The molecule has 0 fully saturated rings. The van der Waals surface area contributed by atoms with E-state index in [-0.39, 0.29) is 0 Å². The van der Waals surface area contributed by atoms with Crippen molar-refractivity contribution in [1.82, 2.24) is 0 Å². The lowest BCUT2D eigenvalue weighted by atomic mass is 10.0. The van der Waals surface area contributed by atoms with Gasteiger partial charge in [-0.25, -0.2) is 0 Å². The Labute approximate surface area is 78.1 Å². The molecule has 0 aromatic carbocycles. The molecule has 0 rings (SSSR count). The predicted molar refractivity (Wildman–Crippen MR) is 57.4 cm³/mol. The lowest BCUT2D eigenvalue weighted by Crippen LogP contribution is -1.84. The fourth-order valence-corrected chi connectivity index (χ4v) is 1.33. The Morgan fingerprint density at radius 3 is 2.00 bits per heavy atom. The van der Waals surface area contributed by atoms with Crippen molar-refractivity contribution in [3.05, 3.63) is 11.1 Å². The van der Waals surface area contributed by atoms with E-state index in [4.69, 9.17) is 0 Å². The first-order chi connectivity index (χ1) is 5.72. The highest BCUT2D eigenvalue weighted by Crippen LogP contribution is 2.15. The lowest BCUT2D eigenvalue weighted by molar-refractivity contribution is 0.661. The van der Waals surface area contributed by atoms with E-state index in [2.05, 4.69) is 27.7 Å². The Bertz CT molecular complexity index is 131. The van der Waals surface area contributed by atoms with Crippen molar-refractivity contribution in [3.8, 4) is 0 Å². The SMILES string of the molecule is CCCCCC/C(C)=C(\C)CC. The first kappa shape index (κ1) is 11.7. The van der Waals surface area contributed by atoms with Crippen molar-refractivity contribution in [3.63, 3.8) is 0 Å². The second-order valence-corrected chi connectivity index (χ2v) is 3.72. The minimum Gasteiger partial charge on any atom is -0.0747 e. The molecule has 0 heterocycles. The summed E-state index contributed by atoms with van der Waals surface area (Å²) in [5.74, 6) is 0. The van der Waals surface area contributed by atoms with E-state index in [1.54, 1.807) is 11.1 Å². The van der Waals surface area contributed by atoms with Gasteiger partial charge in [-0.1, -0.05) is 44.3 Å². The van der Waals surface area contributed by atoms with E-state index < -0.39 is 0 Å². The fourth-order valence-electron chi connectivity index (χ4n) is 1.33. The van der Waals surface area contributed by atoms with Crippen molar-refractivity contribution < 1.29 is 0 Å². The fraction of sp³-hybridized carbons (Fsp3) is 0.833. The summed E-state index contributed by atoms with van der Waals surface area (Å²) >= 11 is 0. The van der Waals surface area contributed by atoms with Gasteiger partial charge in [0.15, 0.2) is 0 Å². The van der Waals surface area contributed by atoms with Crippen LogP contribution in [0.5, 0.6) is 0 Å². The summed E-state index contributed by atoms with van der Waals surface area (Å²) in [6.07, 6.45) is 8.08. The number of hydrogen-bond donors (Lipinski definition) is 0. The van der Waals surface area contributed by atoms with Gasteiger partial charge in [-0.05, 0) is 33.1 Å². The van der Waals surface area contributed by atoms with Crippen LogP contribution < -0.4 is 0 Å². The molecule has 0 saturated heterocycles. The van der Waals surface area contributed by atoms with E-state index in [0.717, 1.165) is 0 Å². The van der Waals surface area contributed by atoms with Crippen molar-refractivity contribution >= 4 is 0 Å². The van der Waals surface area contributed by atoms with E-state index in [0.29, 0.717) is 0 Å². The number of unbranched alkanes of at least 4 members (excludes halogenated alkanes) is 3. The molecule has 0 nitrogen and oxygen atoms in total. The zero-order chi connectivity index (χ0) is 9.40. The normalized spacial score (nSPS) is 13.0. The van der Waals surface area contributed by atoms with Crippen LogP contribution in [0, 0.1) is 0 Å². The zero-order valence-corrected chi connectivity index (χ0v) is 9.24. The second kappa shape index (κ2) is 7.39. The average molecular weight is 168 g/mol. The van der Waals surface area contributed by atoms with Gasteiger partial charge < -0.3 is 0 Å². The standard InChI is InChI=1S/C12H24/c1-5-7-8-9-10-12(4)11(3)6-2/h5-10H2,1-4H3/b12-11+. The Hall–Kier alpha value is -0.260. The number of hydrogen-bond acceptors (Lipinski definition) is 0. The summed E-state index contributed by atoms with van der Waals surface area (Å²) in [5, 5.41) is 0. The number of allylic oxidation sites excluding steroid dienone is 2. The van der Waals surface area contributed by atoms with Crippen molar-refractivity contribution in [2.45, 2.75) is 66.2 Å². The van der Waals surface area contributed by atoms with Gasteiger partial charge >= 0.3 is 0 Å². The van der Waals surface area contributed by atoms with Gasteiger partial charge in [0.05, 0.1) is 0 Å². The Morgan fingerprint density at radius 1 is 0.833 bits per heavy atom. The summed E-state index contributed by atoms with van der Waals surface area (Å²) in [4.78, 5) is 0. The minimum atomic E-state index is 1.22. The highest BCUT2D eigenvalue weighted by atomic mass is 14.0. The van der Waals surface area contributed by atoms with Gasteiger partial charge in [0, 0.05) is 0 Å². The van der Waals surface area contributed by atoms with E-state index in [1.807, 2.05) is 0 Å². The molecule has 72 valence electrons. The maximum Gasteiger partial charge on any atom is -0.0320 e. The van der Waals surface area contributed by atoms with Crippen LogP contribution in [0.1, 0.15) is 66.2 Å². The van der Waals surface area contributed by atoms with E-state index in [9.17, 15) is 0 Å². The van der Waals surface area contributed by atoms with Gasteiger partial charge in [-0.15, -0.1) is 0 Å². The minimum absolute atomic E-state index is 1.22. The van der Waals surface area contributed by atoms with Crippen molar-refractivity contribution in [2.24, 2.45) is 0 Å². The van der Waals surface area contributed by atoms with Crippen LogP contribution in [0.25, 0.3) is 0 Å². The Morgan fingerprint density at radius 2 is 1.50 bits per heavy atom. The molecule has 0 amide bonds. The first-order valence-electron chi connectivity index (χ1n) is 5.37. The molecule has 0 spiro atoms. The van der Waals surface area contributed by atoms with Gasteiger partial charge in [0.1, 0.15) is 0 Å². The molecule has 0 heteroatoms. The monoisotopic (exact) mass is 168 g/mol. The van der Waals surface area contributed by atoms with Crippen LogP contribution >= 0.6 is 0 Å². The van der Waals surface area contributed by atoms with Crippen LogP contribution in [-0.4, -0.2) is 0 Å². The molecule has 0 saturated carbocycles. The molecule has 0 aromatic rings. The van der Waals surface area contributed by atoms with Gasteiger partial charge in [-0.2, -0.15) is 0 Å². The summed E-state index contributed by atoms with van der Waals surface area (Å²) in [6, 6.07) is 0. The molecule has 0 bridgehead atoms. The topological polar surface area (TPSA) is 0 Å². The van der Waals surface area contributed by atoms with E-state index in [1.165, 1.54) is 38.5 Å². The zero-order valence-electron chi connectivity index (χ0n) is 9.24. The summed E-state index contributed by atoms with van der Waals surface area (Å²) < 4.78 is 0. The smallest absolute Gasteiger partial charge is 0.0320 e. The first-order valence-corrected chi connectivity index (χ1v) is 5.37. The molecular weight excluding hydrogens is 144 g/mol. The van der Waals surface area contributed by atoms with Gasteiger partial charge in [0.25, 0.3) is 0 Å². The van der Waals surface area contributed by atoms with Crippen molar-refractivity contribution in [1.29, 1.82) is 0 Å². The van der Waals surface area contributed by atoms with E-state index >= 15 is 0 Å². The molecule has 0 atom stereocenters. The van der Waals surface area contributed by atoms with Crippen LogP contribution in [0.15, 0.2) is 11.1 Å². The molecule has 0 aliphatic heterocycles. The predicted octanol–water partition coefficient (Wildman–Crippen LogP) is 4.70. The summed E-state index contributed by atoms with van der Waals surface area (Å²) in [7, 11) is 0. The maximum atomic E-state index is 2.28. The molecule has 0 aliphatic rings. The molecule has 0 N–H and O–H groups in total. The number of rotatable bonds is 6. The highest BCUT2D eigenvalue weighted by Gasteiger charge is 1.94. The lowest BCUT2D eigenvalue weighted by Gasteiger charge is -2.04.